The first kappa shape index (κ1) is 27.5. The first-order chi connectivity index (χ1) is 22.0. The fourth-order valence-electron chi connectivity index (χ4n) is 6.23. The van der Waals surface area contributed by atoms with Crippen LogP contribution < -0.4 is 10.1 Å². The topological polar surface area (TPSA) is 33.5 Å². The van der Waals surface area contributed by atoms with Crippen LogP contribution in [-0.4, -0.2) is 15.6 Å². The van der Waals surface area contributed by atoms with Crippen LogP contribution in [0.3, 0.4) is 0 Å². The number of pyridine rings is 1. The van der Waals surface area contributed by atoms with Crippen molar-refractivity contribution in [3.63, 3.8) is 0 Å². The second-order valence-electron chi connectivity index (χ2n) is 11.6. The molecule has 0 amide bonds. The number of para-hydroxylation sites is 3. The van der Waals surface area contributed by atoms with Gasteiger partial charge in [0.05, 0.1) is 34.1 Å². The van der Waals surface area contributed by atoms with E-state index in [1.807, 2.05) is 16.3 Å². The normalized spacial score (nSPS) is 12.9. The lowest BCUT2D eigenvalue weighted by atomic mass is 10.0. The van der Waals surface area contributed by atoms with E-state index in [4.69, 9.17) is 9.92 Å². The Morgan fingerprint density at radius 2 is 1.42 bits per heavy atom. The van der Waals surface area contributed by atoms with Crippen molar-refractivity contribution < 1.29 is 4.94 Å². The average molecular weight is 605 g/mol. The van der Waals surface area contributed by atoms with Crippen LogP contribution in [0.15, 0.2) is 143 Å². The Bertz CT molecular complexity index is 2200. The summed E-state index contributed by atoms with van der Waals surface area (Å²) in [6.45, 7) is 6.43. The molecule has 0 saturated carbocycles. The number of anilines is 3. The Kier molecular flexibility index (Phi) is 6.81. The molecule has 6 heteroatoms. The lowest BCUT2D eigenvalue weighted by molar-refractivity contribution is 0.112. The van der Waals surface area contributed by atoms with Crippen LogP contribution in [0, 0.1) is 6.92 Å². The molecule has 45 heavy (non-hydrogen) atoms. The second-order valence-corrected chi connectivity index (χ2v) is 12.8. The summed E-state index contributed by atoms with van der Waals surface area (Å²) >= 11 is 1.75. The van der Waals surface area contributed by atoms with Gasteiger partial charge in [0.2, 0.25) is 0 Å². The number of hydroxylamine groups is 1. The summed E-state index contributed by atoms with van der Waals surface area (Å²) in [5.74, 6) is 0.908. The minimum Gasteiger partial charge on any atom is -0.294 e. The standard InChI is InChI=1S/C39H32N4OS/c1-26(2)42-36-17-8-9-18-37(36)43(44-42)29-12-10-13-30(24-29)45-31-19-20-34-33-15-6-7-16-35(33)41(38(34)25-31)39-23-28(21-22-40-39)32-14-5-4-11-27(32)3/h4-26H,1-3H3. The van der Waals surface area contributed by atoms with Crippen LogP contribution in [0.1, 0.15) is 19.4 Å². The van der Waals surface area contributed by atoms with E-state index >= 15 is 0 Å². The lowest BCUT2D eigenvalue weighted by Gasteiger charge is -2.23. The highest BCUT2D eigenvalue weighted by Crippen LogP contribution is 2.44. The highest BCUT2D eigenvalue weighted by molar-refractivity contribution is 7.99. The van der Waals surface area contributed by atoms with Crippen LogP contribution in [0.25, 0.3) is 38.8 Å². The number of aryl methyl sites for hydroxylation is 1. The van der Waals surface area contributed by atoms with Crippen LogP contribution in [-0.2, 0) is 4.94 Å². The van der Waals surface area contributed by atoms with Crippen LogP contribution in [0.2, 0.25) is 0 Å². The highest BCUT2D eigenvalue weighted by atomic mass is 32.2. The highest BCUT2D eigenvalue weighted by Gasteiger charge is 2.30. The third-order valence-electron chi connectivity index (χ3n) is 8.34. The number of rotatable bonds is 6. The molecule has 220 valence electrons. The zero-order valence-electron chi connectivity index (χ0n) is 25.4. The summed E-state index contributed by atoms with van der Waals surface area (Å²) in [7, 11) is 0. The molecule has 0 fully saturated rings. The summed E-state index contributed by atoms with van der Waals surface area (Å²) in [4.78, 5) is 13.5. The Hall–Kier alpha value is -5.04. The van der Waals surface area contributed by atoms with E-state index in [-0.39, 0.29) is 6.04 Å². The zero-order chi connectivity index (χ0) is 30.5. The molecular formula is C39H32N4OS. The molecule has 7 aromatic rings. The predicted octanol–water partition coefficient (Wildman–Crippen LogP) is 10.5. The van der Waals surface area contributed by atoms with Crippen molar-refractivity contribution in [1.29, 1.82) is 0 Å². The molecule has 2 aromatic heterocycles. The van der Waals surface area contributed by atoms with Gasteiger partial charge in [0.15, 0.2) is 0 Å². The number of aromatic nitrogens is 2. The molecule has 0 unspecified atom stereocenters. The molecule has 5 aromatic carbocycles. The molecule has 0 saturated heterocycles. The third-order valence-corrected chi connectivity index (χ3v) is 9.32. The monoisotopic (exact) mass is 604 g/mol. The van der Waals surface area contributed by atoms with Gasteiger partial charge in [-0.2, -0.15) is 5.06 Å². The van der Waals surface area contributed by atoms with Crippen molar-refractivity contribution in [2.45, 2.75) is 36.6 Å². The molecule has 8 rings (SSSR count). The Balaban J connectivity index is 1.19. The van der Waals surface area contributed by atoms with Gasteiger partial charge in [0.1, 0.15) is 5.82 Å². The smallest absolute Gasteiger partial charge is 0.138 e. The molecule has 0 bridgehead atoms. The van der Waals surface area contributed by atoms with E-state index in [2.05, 4.69) is 153 Å². The number of nitrogens with zero attached hydrogens (tertiary/aromatic N) is 4. The van der Waals surface area contributed by atoms with Crippen LogP contribution in [0.4, 0.5) is 17.1 Å². The minimum atomic E-state index is 0.207. The molecule has 0 N–H and O–H groups in total. The Morgan fingerprint density at radius 1 is 0.667 bits per heavy atom. The van der Waals surface area contributed by atoms with Gasteiger partial charge in [-0.25, -0.2) is 10.0 Å². The predicted molar refractivity (Wildman–Crippen MR) is 187 cm³/mol. The summed E-state index contributed by atoms with van der Waals surface area (Å²) in [6.07, 6.45) is 1.92. The van der Waals surface area contributed by atoms with E-state index in [1.165, 1.54) is 21.9 Å². The average Bonchev–Trinajstić information content (AvgIpc) is 3.62. The maximum absolute atomic E-state index is 6.34. The fraction of sp³-hybridized carbons (Fsp3) is 0.103. The number of hydrogen-bond donors (Lipinski definition) is 0. The van der Waals surface area contributed by atoms with Gasteiger partial charge >= 0.3 is 0 Å². The van der Waals surface area contributed by atoms with Crippen molar-refractivity contribution in [2.24, 2.45) is 0 Å². The largest absolute Gasteiger partial charge is 0.294 e. The van der Waals surface area contributed by atoms with Gasteiger partial charge in [-0.3, -0.25) is 4.57 Å². The lowest BCUT2D eigenvalue weighted by Crippen LogP contribution is -2.30. The van der Waals surface area contributed by atoms with Crippen LogP contribution in [0.5, 0.6) is 0 Å². The van der Waals surface area contributed by atoms with E-state index in [0.717, 1.165) is 49.3 Å². The van der Waals surface area contributed by atoms with Gasteiger partial charge in [-0.15, -0.1) is 4.94 Å². The van der Waals surface area contributed by atoms with Gasteiger partial charge in [0, 0.05) is 26.8 Å². The summed E-state index contributed by atoms with van der Waals surface area (Å²) in [5, 5.41) is 6.31. The Morgan fingerprint density at radius 3 is 2.29 bits per heavy atom. The molecule has 0 atom stereocenters. The van der Waals surface area contributed by atoms with Crippen molar-refractivity contribution >= 4 is 50.6 Å². The van der Waals surface area contributed by atoms with Gasteiger partial charge < -0.3 is 0 Å². The summed E-state index contributed by atoms with van der Waals surface area (Å²) in [5.41, 5.74) is 9.01. The van der Waals surface area contributed by atoms with Crippen LogP contribution >= 0.6 is 11.8 Å². The van der Waals surface area contributed by atoms with Crippen molar-refractivity contribution in [1.82, 2.24) is 9.55 Å². The van der Waals surface area contributed by atoms with Gasteiger partial charge in [-0.1, -0.05) is 78.5 Å². The van der Waals surface area contributed by atoms with Gasteiger partial charge in [0.25, 0.3) is 0 Å². The summed E-state index contributed by atoms with van der Waals surface area (Å²) < 4.78 is 2.29. The first-order valence-electron chi connectivity index (χ1n) is 15.3. The Labute approximate surface area is 267 Å². The number of benzene rings is 5. The molecule has 5 nitrogen and oxygen atoms in total. The number of hydrogen-bond acceptors (Lipinski definition) is 5. The first-order valence-corrected chi connectivity index (χ1v) is 16.1. The van der Waals surface area contributed by atoms with Crippen molar-refractivity contribution in [3.05, 3.63) is 139 Å². The van der Waals surface area contributed by atoms with E-state index in [1.54, 1.807) is 11.8 Å². The molecule has 0 radical (unpaired) electrons. The van der Waals surface area contributed by atoms with E-state index < -0.39 is 0 Å². The maximum atomic E-state index is 6.34. The molecule has 0 aliphatic carbocycles. The van der Waals surface area contributed by atoms with Crippen molar-refractivity contribution in [3.8, 4) is 16.9 Å². The molecule has 1 aliphatic rings. The molecular weight excluding hydrogens is 573 g/mol. The van der Waals surface area contributed by atoms with E-state index in [0.29, 0.717) is 0 Å². The van der Waals surface area contributed by atoms with E-state index in [9.17, 15) is 0 Å². The SMILES string of the molecule is Cc1ccccc1-c1ccnc(-n2c3ccccc3c3ccc(Sc4cccc(N5ON(C(C)C)c6ccccc65)c4)cc32)c1. The molecule has 0 spiro atoms. The molecule has 1 aliphatic heterocycles. The fourth-order valence-corrected chi connectivity index (χ4v) is 7.14. The second kappa shape index (κ2) is 11.1. The minimum absolute atomic E-state index is 0.207. The summed E-state index contributed by atoms with van der Waals surface area (Å²) in [6, 6.07) is 45.2. The zero-order valence-corrected chi connectivity index (χ0v) is 26.2. The van der Waals surface area contributed by atoms with Crippen molar-refractivity contribution in [2.75, 3.05) is 10.1 Å². The molecule has 3 heterocycles. The maximum Gasteiger partial charge on any atom is 0.138 e. The number of fused-ring (bicyclic) bond motifs is 4. The van der Waals surface area contributed by atoms with Gasteiger partial charge in [-0.05, 0) is 98.1 Å². The quantitative estimate of drug-likeness (QED) is 0.189. The third kappa shape index (κ3) is 4.83.